The molecule has 1 N–H and O–H groups in total. The Labute approximate surface area is 85.5 Å². The highest BCUT2D eigenvalue weighted by Gasteiger charge is 2.11. The number of carbonyl (C=O) groups excluding carboxylic acids is 1. The van der Waals surface area contributed by atoms with E-state index < -0.39 is 5.63 Å². The van der Waals surface area contributed by atoms with Crippen LogP contribution in [0.4, 0.5) is 0 Å². The van der Waals surface area contributed by atoms with Crippen LogP contribution >= 0.6 is 0 Å². The molecule has 0 amide bonds. The maximum atomic E-state index is 11.1. The molecule has 4 heteroatoms. The van der Waals surface area contributed by atoms with Gasteiger partial charge in [0.15, 0.2) is 6.29 Å². The van der Waals surface area contributed by atoms with Crippen molar-refractivity contribution < 1.29 is 9.32 Å². The van der Waals surface area contributed by atoms with E-state index in [1.807, 2.05) is 0 Å². The van der Waals surface area contributed by atoms with Crippen molar-refractivity contribution in [3.05, 3.63) is 45.8 Å². The van der Waals surface area contributed by atoms with Crippen molar-refractivity contribution in [3.8, 4) is 11.3 Å². The molecule has 0 atom stereocenters. The summed E-state index contributed by atoms with van der Waals surface area (Å²) in [5.74, 6) is 0. The van der Waals surface area contributed by atoms with Gasteiger partial charge in [0.25, 0.3) is 0 Å². The van der Waals surface area contributed by atoms with Gasteiger partial charge in [0.2, 0.25) is 0 Å². The van der Waals surface area contributed by atoms with Crippen LogP contribution in [0.5, 0.6) is 0 Å². The maximum absolute atomic E-state index is 11.1. The Balaban J connectivity index is 2.68. The van der Waals surface area contributed by atoms with Gasteiger partial charge in [-0.1, -0.05) is 24.3 Å². The summed E-state index contributed by atoms with van der Waals surface area (Å²) in [6, 6.07) is 7.01. The van der Waals surface area contributed by atoms with E-state index in [0.717, 1.165) is 6.29 Å². The molecule has 0 unspecified atom stereocenters. The molecule has 0 spiro atoms. The topological polar surface area (TPSA) is 63.1 Å². The van der Waals surface area contributed by atoms with Crippen LogP contribution < -0.4 is 5.63 Å². The molecule has 1 heterocycles. The molecule has 0 radical (unpaired) electrons. The zero-order valence-corrected chi connectivity index (χ0v) is 8.11. The number of H-pyrrole nitrogens is 1. The van der Waals surface area contributed by atoms with Gasteiger partial charge in [-0.25, -0.2) is 9.95 Å². The number of hydrogen-bond donors (Lipinski definition) is 1. The number of hydrogen-bond acceptors (Lipinski definition) is 3. The van der Waals surface area contributed by atoms with E-state index in [2.05, 4.69) is 9.68 Å². The van der Waals surface area contributed by atoms with Crippen molar-refractivity contribution in [1.82, 2.24) is 5.16 Å². The average molecular weight is 203 g/mol. The second-order valence-electron chi connectivity index (χ2n) is 3.20. The smallest absolute Gasteiger partial charge is 0.338 e. The predicted molar refractivity (Wildman–Crippen MR) is 54.9 cm³/mol. The fourth-order valence-corrected chi connectivity index (χ4v) is 1.44. The minimum absolute atomic E-state index is 0.411. The Morgan fingerprint density at radius 1 is 1.33 bits per heavy atom. The summed E-state index contributed by atoms with van der Waals surface area (Å²) >= 11 is 0. The molecule has 0 fully saturated rings. The summed E-state index contributed by atoms with van der Waals surface area (Å²) in [7, 11) is 0. The Morgan fingerprint density at radius 2 is 2.07 bits per heavy atom. The van der Waals surface area contributed by atoms with E-state index >= 15 is 0 Å². The lowest BCUT2D eigenvalue weighted by Crippen LogP contribution is -1.96. The molecule has 0 saturated heterocycles. The van der Waals surface area contributed by atoms with Gasteiger partial charge in [0.05, 0.1) is 11.3 Å². The first kappa shape index (κ1) is 9.45. The molecule has 0 aliphatic heterocycles. The zero-order valence-electron chi connectivity index (χ0n) is 8.11. The van der Waals surface area contributed by atoms with Crippen LogP contribution in [0.25, 0.3) is 11.3 Å². The fourth-order valence-electron chi connectivity index (χ4n) is 1.44. The molecule has 4 nitrogen and oxygen atoms in total. The van der Waals surface area contributed by atoms with Gasteiger partial charge in [-0.15, -0.1) is 0 Å². The minimum atomic E-state index is -0.411. The number of benzene rings is 1. The minimum Gasteiger partial charge on any atom is -0.338 e. The lowest BCUT2D eigenvalue weighted by molar-refractivity contribution is 0.112. The molecule has 1 aromatic carbocycles. The second-order valence-corrected chi connectivity index (χ2v) is 3.20. The summed E-state index contributed by atoms with van der Waals surface area (Å²) < 4.78 is 4.65. The molecule has 1 aromatic heterocycles. The van der Waals surface area contributed by atoms with E-state index in [1.54, 1.807) is 31.2 Å². The van der Waals surface area contributed by atoms with Gasteiger partial charge in [-0.3, -0.25) is 4.79 Å². The van der Waals surface area contributed by atoms with E-state index in [1.165, 1.54) is 0 Å². The first-order valence-electron chi connectivity index (χ1n) is 4.46. The number of aromatic amines is 1. The lowest BCUT2D eigenvalue weighted by Gasteiger charge is -2.00. The van der Waals surface area contributed by atoms with Gasteiger partial charge in [-0.05, 0) is 6.92 Å². The third-order valence-corrected chi connectivity index (χ3v) is 2.28. The molecule has 0 aliphatic carbocycles. The van der Waals surface area contributed by atoms with Gasteiger partial charge >= 0.3 is 5.63 Å². The first-order chi connectivity index (χ1) is 7.24. The van der Waals surface area contributed by atoms with Crippen LogP contribution in [0.3, 0.4) is 0 Å². The molecular weight excluding hydrogens is 194 g/mol. The summed E-state index contributed by atoms with van der Waals surface area (Å²) in [5, 5.41) is 2.52. The van der Waals surface area contributed by atoms with Crippen molar-refractivity contribution >= 4 is 6.29 Å². The average Bonchev–Trinajstić information content (AvgIpc) is 2.60. The molecule has 0 aliphatic rings. The highest BCUT2D eigenvalue weighted by atomic mass is 16.5. The standard InChI is InChI=1S/C11H9NO3/c1-7-10(12-15-11(7)14)9-5-3-2-4-8(9)6-13/h2-6,12H,1H3. The Hall–Kier alpha value is -2.10. The summed E-state index contributed by atoms with van der Waals surface area (Å²) in [5.41, 5.74) is 1.83. The number of nitrogens with one attached hydrogen (secondary N) is 1. The van der Waals surface area contributed by atoms with Crippen molar-refractivity contribution in [2.75, 3.05) is 0 Å². The molecular formula is C11H9NO3. The summed E-state index contributed by atoms with van der Waals surface area (Å²) in [4.78, 5) is 21.9. The SMILES string of the molecule is Cc1c(-c2ccccc2C=O)[nH]oc1=O. The quantitative estimate of drug-likeness (QED) is 0.756. The van der Waals surface area contributed by atoms with E-state index in [-0.39, 0.29) is 0 Å². The van der Waals surface area contributed by atoms with Crippen LogP contribution in [0.1, 0.15) is 15.9 Å². The molecule has 76 valence electrons. The second kappa shape index (κ2) is 3.57. The molecule has 2 aromatic rings. The van der Waals surface area contributed by atoms with Crippen molar-refractivity contribution in [2.24, 2.45) is 0 Å². The lowest BCUT2D eigenvalue weighted by atomic mass is 10.0. The number of aldehydes is 1. The maximum Gasteiger partial charge on any atom is 0.360 e. The molecule has 0 bridgehead atoms. The van der Waals surface area contributed by atoms with Crippen molar-refractivity contribution in [2.45, 2.75) is 6.92 Å². The van der Waals surface area contributed by atoms with Crippen LogP contribution in [0.15, 0.2) is 33.6 Å². The fraction of sp³-hybridized carbons (Fsp3) is 0.0909. The van der Waals surface area contributed by atoms with Gasteiger partial charge in [0, 0.05) is 11.1 Å². The zero-order chi connectivity index (χ0) is 10.8. The molecule has 15 heavy (non-hydrogen) atoms. The monoisotopic (exact) mass is 203 g/mol. The summed E-state index contributed by atoms with van der Waals surface area (Å²) in [6.07, 6.45) is 0.750. The van der Waals surface area contributed by atoms with E-state index in [4.69, 9.17) is 0 Å². The number of carbonyl (C=O) groups is 1. The molecule has 2 rings (SSSR count). The Bertz CT molecular complexity index is 551. The highest BCUT2D eigenvalue weighted by molar-refractivity contribution is 5.86. The Morgan fingerprint density at radius 3 is 2.67 bits per heavy atom. The van der Waals surface area contributed by atoms with Crippen LogP contribution in [0.2, 0.25) is 0 Å². The van der Waals surface area contributed by atoms with Gasteiger partial charge in [-0.2, -0.15) is 0 Å². The third-order valence-electron chi connectivity index (χ3n) is 2.28. The predicted octanol–water partition coefficient (Wildman–Crippen LogP) is 1.76. The number of rotatable bonds is 2. The summed E-state index contributed by atoms with van der Waals surface area (Å²) in [6.45, 7) is 1.65. The Kier molecular flexibility index (Phi) is 2.25. The van der Waals surface area contributed by atoms with E-state index in [0.29, 0.717) is 22.4 Å². The molecule has 0 saturated carbocycles. The van der Waals surface area contributed by atoms with Crippen molar-refractivity contribution in [3.63, 3.8) is 0 Å². The number of aromatic nitrogens is 1. The van der Waals surface area contributed by atoms with Gasteiger partial charge < -0.3 is 4.52 Å². The normalized spacial score (nSPS) is 10.2. The van der Waals surface area contributed by atoms with Gasteiger partial charge in [0.1, 0.15) is 0 Å². The van der Waals surface area contributed by atoms with Crippen LogP contribution in [-0.4, -0.2) is 11.4 Å². The first-order valence-corrected chi connectivity index (χ1v) is 4.46. The van der Waals surface area contributed by atoms with Crippen molar-refractivity contribution in [1.29, 1.82) is 0 Å². The van der Waals surface area contributed by atoms with Crippen LogP contribution in [0, 0.1) is 6.92 Å². The van der Waals surface area contributed by atoms with E-state index in [9.17, 15) is 9.59 Å². The third kappa shape index (κ3) is 1.50. The van der Waals surface area contributed by atoms with Crippen LogP contribution in [-0.2, 0) is 0 Å². The largest absolute Gasteiger partial charge is 0.360 e. The highest BCUT2D eigenvalue weighted by Crippen LogP contribution is 2.21.